The van der Waals surface area contributed by atoms with Crippen molar-refractivity contribution in [1.82, 2.24) is 4.98 Å². The number of halogens is 1. The first-order valence-corrected chi connectivity index (χ1v) is 4.29. The highest BCUT2D eigenvalue weighted by molar-refractivity contribution is 5.18. The molecule has 1 aromatic rings. The molecule has 12 heavy (non-hydrogen) atoms. The standard InChI is InChI=1S/C10H14FN/c1-4-8-6-12-10(7(2)3)5-9(8)11/h5-7H,4H2,1-3H3. The summed E-state index contributed by atoms with van der Waals surface area (Å²) in [6.07, 6.45) is 2.34. The smallest absolute Gasteiger partial charge is 0.129 e. The minimum absolute atomic E-state index is 0.129. The highest BCUT2D eigenvalue weighted by Gasteiger charge is 2.05. The van der Waals surface area contributed by atoms with Crippen LogP contribution in [0.4, 0.5) is 4.39 Å². The summed E-state index contributed by atoms with van der Waals surface area (Å²) in [6, 6.07) is 1.53. The minimum atomic E-state index is -0.129. The molecule has 2 heteroatoms. The van der Waals surface area contributed by atoms with Gasteiger partial charge in [-0.05, 0) is 18.4 Å². The Hall–Kier alpha value is -0.920. The number of hydrogen-bond donors (Lipinski definition) is 0. The number of nitrogens with zero attached hydrogens (tertiary/aromatic N) is 1. The number of rotatable bonds is 2. The van der Waals surface area contributed by atoms with E-state index in [1.165, 1.54) is 6.07 Å². The van der Waals surface area contributed by atoms with E-state index in [1.54, 1.807) is 6.20 Å². The van der Waals surface area contributed by atoms with E-state index >= 15 is 0 Å². The van der Waals surface area contributed by atoms with Crippen LogP contribution in [-0.2, 0) is 6.42 Å². The van der Waals surface area contributed by atoms with Crippen LogP contribution in [0, 0.1) is 5.82 Å². The lowest BCUT2D eigenvalue weighted by Crippen LogP contribution is -1.97. The van der Waals surface area contributed by atoms with Crippen molar-refractivity contribution in [2.75, 3.05) is 0 Å². The first-order chi connectivity index (χ1) is 5.65. The van der Waals surface area contributed by atoms with Gasteiger partial charge in [0.15, 0.2) is 0 Å². The molecule has 0 atom stereocenters. The molecule has 0 radical (unpaired) electrons. The normalized spacial score (nSPS) is 10.8. The van der Waals surface area contributed by atoms with Crippen LogP contribution in [-0.4, -0.2) is 4.98 Å². The van der Waals surface area contributed by atoms with Gasteiger partial charge in [0.1, 0.15) is 5.82 Å². The molecule has 66 valence electrons. The molecule has 1 heterocycles. The fraction of sp³-hybridized carbons (Fsp3) is 0.500. The third-order valence-electron chi connectivity index (χ3n) is 1.92. The van der Waals surface area contributed by atoms with Gasteiger partial charge in [-0.2, -0.15) is 0 Å². The Labute approximate surface area is 72.6 Å². The Morgan fingerprint density at radius 2 is 2.17 bits per heavy atom. The SMILES string of the molecule is CCc1cnc(C(C)C)cc1F. The summed E-state index contributed by atoms with van der Waals surface area (Å²) in [5.74, 6) is 0.168. The second-order valence-electron chi connectivity index (χ2n) is 3.21. The van der Waals surface area contributed by atoms with Crippen LogP contribution in [0.15, 0.2) is 12.3 Å². The fourth-order valence-corrected chi connectivity index (χ4v) is 1.05. The Bertz CT molecular complexity index is 269. The Kier molecular flexibility index (Phi) is 2.79. The third kappa shape index (κ3) is 1.81. The molecule has 0 bridgehead atoms. The van der Waals surface area contributed by atoms with E-state index in [4.69, 9.17) is 0 Å². The molecule has 0 amide bonds. The van der Waals surface area contributed by atoms with Gasteiger partial charge in [-0.3, -0.25) is 4.98 Å². The Balaban J connectivity index is 3.02. The summed E-state index contributed by atoms with van der Waals surface area (Å²) < 4.78 is 13.2. The second-order valence-corrected chi connectivity index (χ2v) is 3.21. The number of pyridine rings is 1. The minimum Gasteiger partial charge on any atom is -0.261 e. The van der Waals surface area contributed by atoms with Crippen LogP contribution in [0.2, 0.25) is 0 Å². The highest BCUT2D eigenvalue weighted by Crippen LogP contribution is 2.14. The van der Waals surface area contributed by atoms with E-state index in [2.05, 4.69) is 4.98 Å². The Morgan fingerprint density at radius 1 is 1.50 bits per heavy atom. The second kappa shape index (κ2) is 3.65. The van der Waals surface area contributed by atoms with Crippen LogP contribution < -0.4 is 0 Å². The summed E-state index contributed by atoms with van der Waals surface area (Å²) >= 11 is 0. The van der Waals surface area contributed by atoms with Gasteiger partial charge in [0.05, 0.1) is 0 Å². The molecule has 1 nitrogen and oxygen atoms in total. The number of hydrogen-bond acceptors (Lipinski definition) is 1. The molecular weight excluding hydrogens is 153 g/mol. The van der Waals surface area contributed by atoms with Gasteiger partial charge in [-0.25, -0.2) is 4.39 Å². The van der Waals surface area contributed by atoms with Gasteiger partial charge < -0.3 is 0 Å². The van der Waals surface area contributed by atoms with E-state index in [1.807, 2.05) is 20.8 Å². The monoisotopic (exact) mass is 167 g/mol. The summed E-state index contributed by atoms with van der Waals surface area (Å²) in [6.45, 7) is 5.94. The fourth-order valence-electron chi connectivity index (χ4n) is 1.05. The Morgan fingerprint density at radius 3 is 2.58 bits per heavy atom. The predicted octanol–water partition coefficient (Wildman–Crippen LogP) is 2.91. The van der Waals surface area contributed by atoms with Gasteiger partial charge in [0, 0.05) is 17.5 Å². The topological polar surface area (TPSA) is 12.9 Å². The quantitative estimate of drug-likeness (QED) is 0.660. The molecule has 0 aliphatic heterocycles. The van der Waals surface area contributed by atoms with Crippen molar-refractivity contribution < 1.29 is 4.39 Å². The maximum Gasteiger partial charge on any atom is 0.129 e. The van der Waals surface area contributed by atoms with E-state index in [0.717, 1.165) is 5.69 Å². The van der Waals surface area contributed by atoms with Gasteiger partial charge in [0.2, 0.25) is 0 Å². The number of aromatic nitrogens is 1. The summed E-state index contributed by atoms with van der Waals surface area (Å²) in [4.78, 5) is 4.17. The van der Waals surface area contributed by atoms with Crippen LogP contribution in [0.25, 0.3) is 0 Å². The lowest BCUT2D eigenvalue weighted by atomic mass is 10.1. The summed E-state index contributed by atoms with van der Waals surface area (Å²) in [5.41, 5.74) is 1.52. The summed E-state index contributed by atoms with van der Waals surface area (Å²) in [7, 11) is 0. The predicted molar refractivity (Wildman–Crippen MR) is 47.7 cm³/mol. The maximum atomic E-state index is 13.2. The molecule has 0 spiro atoms. The van der Waals surface area contributed by atoms with E-state index < -0.39 is 0 Å². The average molecular weight is 167 g/mol. The first-order valence-electron chi connectivity index (χ1n) is 4.29. The largest absolute Gasteiger partial charge is 0.261 e. The zero-order valence-corrected chi connectivity index (χ0v) is 7.76. The molecule has 0 saturated heterocycles. The molecule has 0 N–H and O–H groups in total. The van der Waals surface area contributed by atoms with Crippen molar-refractivity contribution in [1.29, 1.82) is 0 Å². The maximum absolute atomic E-state index is 13.2. The molecular formula is C10H14FN. The zero-order valence-electron chi connectivity index (χ0n) is 7.76. The van der Waals surface area contributed by atoms with Crippen LogP contribution >= 0.6 is 0 Å². The van der Waals surface area contributed by atoms with Gasteiger partial charge in [-0.1, -0.05) is 20.8 Å². The molecule has 1 aromatic heterocycles. The van der Waals surface area contributed by atoms with Crippen LogP contribution in [0.1, 0.15) is 37.9 Å². The van der Waals surface area contributed by atoms with Crippen molar-refractivity contribution in [3.05, 3.63) is 29.3 Å². The van der Waals surface area contributed by atoms with Crippen molar-refractivity contribution in [2.45, 2.75) is 33.1 Å². The van der Waals surface area contributed by atoms with Crippen molar-refractivity contribution in [3.8, 4) is 0 Å². The van der Waals surface area contributed by atoms with E-state index in [9.17, 15) is 4.39 Å². The van der Waals surface area contributed by atoms with Crippen molar-refractivity contribution in [3.63, 3.8) is 0 Å². The zero-order chi connectivity index (χ0) is 9.14. The summed E-state index contributed by atoms with van der Waals surface area (Å²) in [5, 5.41) is 0. The van der Waals surface area contributed by atoms with Gasteiger partial charge in [0.25, 0.3) is 0 Å². The molecule has 0 unspecified atom stereocenters. The average Bonchev–Trinajstić information content (AvgIpc) is 2.04. The van der Waals surface area contributed by atoms with E-state index in [-0.39, 0.29) is 5.82 Å². The van der Waals surface area contributed by atoms with Crippen molar-refractivity contribution >= 4 is 0 Å². The third-order valence-corrected chi connectivity index (χ3v) is 1.92. The first kappa shape index (κ1) is 9.17. The number of aryl methyl sites for hydroxylation is 1. The molecule has 0 saturated carbocycles. The van der Waals surface area contributed by atoms with Crippen LogP contribution in [0.3, 0.4) is 0 Å². The van der Waals surface area contributed by atoms with E-state index in [0.29, 0.717) is 17.9 Å². The lowest BCUT2D eigenvalue weighted by molar-refractivity contribution is 0.602. The van der Waals surface area contributed by atoms with Crippen molar-refractivity contribution in [2.24, 2.45) is 0 Å². The molecule has 0 aliphatic rings. The molecule has 0 aromatic carbocycles. The molecule has 1 rings (SSSR count). The lowest BCUT2D eigenvalue weighted by Gasteiger charge is -2.05. The molecule has 0 fully saturated rings. The molecule has 0 aliphatic carbocycles. The van der Waals surface area contributed by atoms with Gasteiger partial charge in [-0.15, -0.1) is 0 Å². The van der Waals surface area contributed by atoms with Gasteiger partial charge >= 0.3 is 0 Å². The van der Waals surface area contributed by atoms with Crippen LogP contribution in [0.5, 0.6) is 0 Å². The highest BCUT2D eigenvalue weighted by atomic mass is 19.1.